The second-order valence-corrected chi connectivity index (χ2v) is 7.31. The molecule has 0 unspecified atom stereocenters. The zero-order valence-electron chi connectivity index (χ0n) is 19.7. The fourth-order valence-corrected chi connectivity index (χ4v) is 4.31. The van der Waals surface area contributed by atoms with E-state index in [1.165, 1.54) is 0 Å². The fraction of sp³-hybridized carbons (Fsp3) is 1.00. The van der Waals surface area contributed by atoms with Gasteiger partial charge in [0.1, 0.15) is 48.8 Å². The van der Waals surface area contributed by atoms with Crippen molar-refractivity contribution in [2.24, 2.45) is 0 Å². The second-order valence-electron chi connectivity index (χ2n) is 7.31. The molecule has 31 heavy (non-hydrogen) atoms. The Morgan fingerprint density at radius 2 is 0.871 bits per heavy atom. The number of methoxy groups -OCH3 is 8. The van der Waals surface area contributed by atoms with E-state index in [1.807, 2.05) is 0 Å². The highest BCUT2D eigenvalue weighted by molar-refractivity contribution is 4.94. The van der Waals surface area contributed by atoms with Crippen molar-refractivity contribution in [2.75, 3.05) is 70.1 Å². The van der Waals surface area contributed by atoms with Crippen LogP contribution in [0, 0.1) is 0 Å². The summed E-state index contributed by atoms with van der Waals surface area (Å²) in [5.41, 5.74) is 0. The summed E-state index contributed by atoms with van der Waals surface area (Å²) in [4.78, 5) is 0. The Morgan fingerprint density at radius 3 is 1.29 bits per heavy atom. The van der Waals surface area contributed by atoms with Gasteiger partial charge in [-0.2, -0.15) is 0 Å². The predicted molar refractivity (Wildman–Crippen MR) is 107 cm³/mol. The molecule has 0 N–H and O–H groups in total. The van der Waals surface area contributed by atoms with E-state index >= 15 is 0 Å². The van der Waals surface area contributed by atoms with E-state index in [0.29, 0.717) is 6.61 Å². The van der Waals surface area contributed by atoms with Crippen molar-refractivity contribution >= 4 is 0 Å². The van der Waals surface area contributed by atoms with Crippen LogP contribution in [0.15, 0.2) is 0 Å². The van der Waals surface area contributed by atoms with Crippen molar-refractivity contribution in [1.29, 1.82) is 0 Å². The van der Waals surface area contributed by atoms with Gasteiger partial charge < -0.3 is 52.1 Å². The minimum absolute atomic E-state index is 0.132. The second kappa shape index (κ2) is 13.3. The molecule has 11 heteroatoms. The van der Waals surface area contributed by atoms with E-state index in [2.05, 4.69) is 0 Å². The summed E-state index contributed by atoms with van der Waals surface area (Å²) >= 11 is 0. The summed E-state index contributed by atoms with van der Waals surface area (Å²) in [6, 6.07) is 0. The monoisotopic (exact) mass is 454 g/mol. The maximum Gasteiger partial charge on any atom is 0.187 e. The molecular weight excluding hydrogens is 416 g/mol. The lowest BCUT2D eigenvalue weighted by atomic mass is 9.97. The maximum absolute atomic E-state index is 6.12. The van der Waals surface area contributed by atoms with Crippen LogP contribution in [0.25, 0.3) is 0 Å². The lowest BCUT2D eigenvalue weighted by molar-refractivity contribution is -0.338. The predicted octanol–water partition coefficient (Wildman–Crippen LogP) is -0.164. The lowest BCUT2D eigenvalue weighted by Gasteiger charge is -2.46. The summed E-state index contributed by atoms with van der Waals surface area (Å²) in [6.07, 6.45) is -4.97. The minimum Gasteiger partial charge on any atom is -0.382 e. The van der Waals surface area contributed by atoms with Gasteiger partial charge in [0, 0.05) is 56.9 Å². The van der Waals surface area contributed by atoms with Gasteiger partial charge in [0.05, 0.1) is 13.2 Å². The zero-order valence-corrected chi connectivity index (χ0v) is 19.7. The Balaban J connectivity index is 2.15. The van der Waals surface area contributed by atoms with E-state index in [9.17, 15) is 0 Å². The molecule has 10 atom stereocenters. The third-order valence-electron chi connectivity index (χ3n) is 5.80. The van der Waals surface area contributed by atoms with Crippen molar-refractivity contribution in [3.8, 4) is 0 Å². The number of hydrogen-bond acceptors (Lipinski definition) is 11. The Labute approximate surface area is 184 Å². The molecule has 11 nitrogen and oxygen atoms in total. The average molecular weight is 455 g/mol. The first-order valence-electron chi connectivity index (χ1n) is 10.2. The van der Waals surface area contributed by atoms with Crippen LogP contribution in [0.1, 0.15) is 0 Å². The molecule has 2 heterocycles. The molecular formula is C20H38O11. The fourth-order valence-electron chi connectivity index (χ4n) is 4.31. The van der Waals surface area contributed by atoms with Crippen LogP contribution in [0.5, 0.6) is 0 Å². The molecule has 0 radical (unpaired) electrons. The number of hydrogen-bond donors (Lipinski definition) is 0. The number of rotatable bonds is 12. The summed E-state index contributed by atoms with van der Waals surface area (Å²) < 4.78 is 62.7. The van der Waals surface area contributed by atoms with Gasteiger partial charge in [-0.15, -0.1) is 0 Å². The Hall–Kier alpha value is -0.440. The Morgan fingerprint density at radius 1 is 0.452 bits per heavy atom. The third-order valence-corrected chi connectivity index (χ3v) is 5.80. The molecule has 0 aromatic heterocycles. The quantitative estimate of drug-likeness (QED) is 0.393. The maximum atomic E-state index is 6.12. The van der Waals surface area contributed by atoms with Crippen molar-refractivity contribution in [3.63, 3.8) is 0 Å². The van der Waals surface area contributed by atoms with Gasteiger partial charge >= 0.3 is 0 Å². The SMILES string of the molecule is COC[C@H]1O[C@@H](OC[C@H]2O[C@H](OC)[C@H](OC)[C@@H](OC)[C@@H]2OC)[C@H](OC)[C@@H](OC)[C@@H]1OC. The topological polar surface area (TPSA) is 102 Å². The smallest absolute Gasteiger partial charge is 0.187 e. The lowest BCUT2D eigenvalue weighted by Crippen LogP contribution is -2.63. The summed E-state index contributed by atoms with van der Waals surface area (Å²) in [7, 11) is 12.6. The first-order chi connectivity index (χ1) is 15.0. The van der Waals surface area contributed by atoms with E-state index in [-0.39, 0.29) is 12.7 Å². The minimum atomic E-state index is -0.746. The average Bonchev–Trinajstić information content (AvgIpc) is 2.80. The van der Waals surface area contributed by atoms with Gasteiger partial charge in [-0.3, -0.25) is 0 Å². The summed E-state index contributed by atoms with van der Waals surface area (Å²) in [5.74, 6) is 0. The van der Waals surface area contributed by atoms with Crippen LogP contribution < -0.4 is 0 Å². The van der Waals surface area contributed by atoms with Gasteiger partial charge in [0.2, 0.25) is 0 Å². The molecule has 0 aliphatic carbocycles. The van der Waals surface area contributed by atoms with E-state index in [1.54, 1.807) is 56.9 Å². The van der Waals surface area contributed by atoms with Crippen molar-refractivity contribution in [3.05, 3.63) is 0 Å². The largest absolute Gasteiger partial charge is 0.382 e. The first-order valence-corrected chi connectivity index (χ1v) is 10.2. The molecule has 0 bridgehead atoms. The van der Waals surface area contributed by atoms with E-state index < -0.39 is 55.3 Å². The van der Waals surface area contributed by atoms with Gasteiger partial charge in [0.15, 0.2) is 12.6 Å². The van der Waals surface area contributed by atoms with Crippen LogP contribution in [-0.4, -0.2) is 132 Å². The van der Waals surface area contributed by atoms with E-state index in [4.69, 9.17) is 52.1 Å². The van der Waals surface area contributed by atoms with Crippen LogP contribution in [0.4, 0.5) is 0 Å². The summed E-state index contributed by atoms with van der Waals surface area (Å²) in [6.45, 7) is 0.440. The standard InChI is InChI=1S/C20H38O11/c1-21-9-11-13(22-2)16(25-5)18(27-7)20(31-11)29-10-12-14(23-3)15(24-4)17(26-6)19(28-8)30-12/h11-20H,9-10H2,1-8H3/t11-,12-,13-,14-,15+,16+,17-,18-,19+,20-/m1/s1. The highest BCUT2D eigenvalue weighted by Gasteiger charge is 2.50. The van der Waals surface area contributed by atoms with Crippen LogP contribution in [0.2, 0.25) is 0 Å². The highest BCUT2D eigenvalue weighted by Crippen LogP contribution is 2.31. The van der Waals surface area contributed by atoms with Crippen molar-refractivity contribution in [1.82, 2.24) is 0 Å². The molecule has 0 amide bonds. The first kappa shape index (κ1) is 26.8. The van der Waals surface area contributed by atoms with E-state index in [0.717, 1.165) is 0 Å². The van der Waals surface area contributed by atoms with Crippen LogP contribution in [0.3, 0.4) is 0 Å². The molecule has 0 aromatic rings. The summed E-state index contributed by atoms with van der Waals surface area (Å²) in [5, 5.41) is 0. The molecule has 2 rings (SSSR count). The highest BCUT2D eigenvalue weighted by atomic mass is 16.7. The molecule has 184 valence electrons. The normalized spacial score (nSPS) is 41.4. The molecule has 0 saturated carbocycles. The van der Waals surface area contributed by atoms with Crippen molar-refractivity contribution in [2.45, 2.75) is 61.4 Å². The Bertz CT molecular complexity index is 496. The van der Waals surface area contributed by atoms with Crippen LogP contribution >= 0.6 is 0 Å². The molecule has 2 aliphatic heterocycles. The molecule has 2 aliphatic rings. The zero-order chi connectivity index (χ0) is 23.0. The van der Waals surface area contributed by atoms with Crippen molar-refractivity contribution < 1.29 is 52.1 Å². The Kier molecular flexibility index (Phi) is 11.5. The molecule has 0 spiro atoms. The van der Waals surface area contributed by atoms with Gasteiger partial charge in [0.25, 0.3) is 0 Å². The van der Waals surface area contributed by atoms with Crippen LogP contribution in [-0.2, 0) is 52.1 Å². The van der Waals surface area contributed by atoms with Gasteiger partial charge in [-0.1, -0.05) is 0 Å². The third kappa shape index (κ3) is 5.92. The molecule has 2 fully saturated rings. The molecule has 2 saturated heterocycles. The number of ether oxygens (including phenoxy) is 11. The van der Waals surface area contributed by atoms with Gasteiger partial charge in [-0.25, -0.2) is 0 Å². The molecule has 0 aromatic carbocycles. The van der Waals surface area contributed by atoms with Gasteiger partial charge in [-0.05, 0) is 0 Å².